The van der Waals surface area contributed by atoms with E-state index in [9.17, 15) is 0 Å². The Bertz CT molecular complexity index is 267. The quantitative estimate of drug-likeness (QED) is 0.692. The van der Waals surface area contributed by atoms with E-state index in [1.54, 1.807) is 0 Å². The van der Waals surface area contributed by atoms with Crippen molar-refractivity contribution in [3.63, 3.8) is 0 Å². The van der Waals surface area contributed by atoms with Crippen LogP contribution in [0.25, 0.3) is 0 Å². The fourth-order valence-corrected chi connectivity index (χ4v) is 2.50. The van der Waals surface area contributed by atoms with Gasteiger partial charge in [-0.2, -0.15) is 0 Å². The second-order valence-corrected chi connectivity index (χ2v) is 4.13. The largest absolute Gasteiger partial charge is 0.295 e. The standard InChI is InChI=1S/C12H16ClN/c13-10-12(14-8-4-5-9-14)11-6-2-1-3-7-11/h1-3,6-7,12H,4-5,8-10H2. The van der Waals surface area contributed by atoms with E-state index < -0.39 is 0 Å². The molecule has 1 nitrogen and oxygen atoms in total. The van der Waals surface area contributed by atoms with Gasteiger partial charge in [0.25, 0.3) is 0 Å². The molecule has 0 aliphatic carbocycles. The SMILES string of the molecule is ClCC(c1ccccc1)N1CCCC1. The number of rotatable bonds is 3. The number of alkyl halides is 1. The molecule has 1 aromatic rings. The summed E-state index contributed by atoms with van der Waals surface area (Å²) in [5.74, 6) is 0.698. The highest BCUT2D eigenvalue weighted by Crippen LogP contribution is 2.25. The minimum atomic E-state index is 0.417. The lowest BCUT2D eigenvalue weighted by Crippen LogP contribution is -2.26. The molecule has 14 heavy (non-hydrogen) atoms. The third kappa shape index (κ3) is 2.10. The van der Waals surface area contributed by atoms with Crippen LogP contribution in [0, 0.1) is 0 Å². The molecular weight excluding hydrogens is 194 g/mol. The van der Waals surface area contributed by atoms with Crippen molar-refractivity contribution in [2.45, 2.75) is 18.9 Å². The molecule has 0 bridgehead atoms. The number of likely N-dealkylation sites (tertiary alicyclic amines) is 1. The average Bonchev–Trinajstić information content (AvgIpc) is 2.74. The summed E-state index contributed by atoms with van der Waals surface area (Å²) in [6.07, 6.45) is 2.64. The molecule has 76 valence electrons. The zero-order valence-corrected chi connectivity index (χ0v) is 9.08. The van der Waals surface area contributed by atoms with Gasteiger partial charge < -0.3 is 0 Å². The first-order valence-electron chi connectivity index (χ1n) is 5.27. The summed E-state index contributed by atoms with van der Waals surface area (Å²) in [6.45, 7) is 2.40. The highest BCUT2D eigenvalue weighted by atomic mass is 35.5. The van der Waals surface area contributed by atoms with Crippen LogP contribution < -0.4 is 0 Å². The molecule has 0 spiro atoms. The van der Waals surface area contributed by atoms with Gasteiger partial charge in [0.1, 0.15) is 0 Å². The Balaban J connectivity index is 2.12. The topological polar surface area (TPSA) is 3.24 Å². The number of hydrogen-bond donors (Lipinski definition) is 0. The summed E-state index contributed by atoms with van der Waals surface area (Å²) in [4.78, 5) is 2.49. The van der Waals surface area contributed by atoms with Crippen LogP contribution in [0.5, 0.6) is 0 Å². The zero-order valence-electron chi connectivity index (χ0n) is 8.32. The molecule has 0 aromatic heterocycles. The third-order valence-electron chi connectivity index (χ3n) is 2.91. The van der Waals surface area contributed by atoms with Crippen molar-refractivity contribution in [1.82, 2.24) is 4.90 Å². The molecule has 1 heterocycles. The smallest absolute Gasteiger partial charge is 0.0483 e. The van der Waals surface area contributed by atoms with Crippen molar-refractivity contribution in [2.24, 2.45) is 0 Å². The summed E-state index contributed by atoms with van der Waals surface area (Å²) in [7, 11) is 0. The molecule has 1 atom stereocenters. The van der Waals surface area contributed by atoms with Gasteiger partial charge in [0.05, 0.1) is 0 Å². The van der Waals surface area contributed by atoms with Gasteiger partial charge in [-0.25, -0.2) is 0 Å². The second kappa shape index (κ2) is 4.81. The molecule has 0 saturated carbocycles. The summed E-state index contributed by atoms with van der Waals surface area (Å²) >= 11 is 6.04. The zero-order chi connectivity index (χ0) is 9.80. The van der Waals surface area contributed by atoms with Gasteiger partial charge in [-0.05, 0) is 31.5 Å². The Morgan fingerprint density at radius 2 is 1.79 bits per heavy atom. The number of benzene rings is 1. The number of halogens is 1. The summed E-state index contributed by atoms with van der Waals surface area (Å²) in [5, 5.41) is 0. The third-order valence-corrected chi connectivity index (χ3v) is 3.20. The van der Waals surface area contributed by atoms with E-state index in [2.05, 4.69) is 35.2 Å². The molecule has 2 heteroatoms. The maximum absolute atomic E-state index is 6.04. The predicted octanol–water partition coefficient (Wildman–Crippen LogP) is 3.06. The first kappa shape index (κ1) is 10.0. The van der Waals surface area contributed by atoms with Crippen molar-refractivity contribution >= 4 is 11.6 Å². The number of hydrogen-bond acceptors (Lipinski definition) is 1. The van der Waals surface area contributed by atoms with Crippen molar-refractivity contribution in [2.75, 3.05) is 19.0 Å². The normalized spacial score (nSPS) is 19.8. The molecule has 0 N–H and O–H groups in total. The van der Waals surface area contributed by atoms with Gasteiger partial charge in [0.2, 0.25) is 0 Å². The molecule has 1 aliphatic heterocycles. The lowest BCUT2D eigenvalue weighted by molar-refractivity contribution is 0.266. The van der Waals surface area contributed by atoms with Crippen molar-refractivity contribution in [1.29, 1.82) is 0 Å². The van der Waals surface area contributed by atoms with Gasteiger partial charge in [-0.1, -0.05) is 30.3 Å². The van der Waals surface area contributed by atoms with E-state index in [1.807, 2.05) is 0 Å². The molecule has 2 rings (SSSR count). The van der Waals surface area contributed by atoms with Crippen LogP contribution in [-0.2, 0) is 0 Å². The maximum atomic E-state index is 6.04. The highest BCUT2D eigenvalue weighted by molar-refractivity contribution is 6.18. The van der Waals surface area contributed by atoms with Gasteiger partial charge in [0.15, 0.2) is 0 Å². The summed E-state index contributed by atoms with van der Waals surface area (Å²) < 4.78 is 0. The monoisotopic (exact) mass is 209 g/mol. The Kier molecular flexibility index (Phi) is 3.44. The van der Waals surface area contributed by atoms with Gasteiger partial charge in [0, 0.05) is 11.9 Å². The fourth-order valence-electron chi connectivity index (χ4n) is 2.13. The van der Waals surface area contributed by atoms with E-state index in [-0.39, 0.29) is 0 Å². The molecule has 1 aromatic carbocycles. The average molecular weight is 210 g/mol. The Hall–Kier alpha value is -0.530. The minimum absolute atomic E-state index is 0.417. The first-order valence-corrected chi connectivity index (χ1v) is 5.80. The molecule has 1 saturated heterocycles. The lowest BCUT2D eigenvalue weighted by Gasteiger charge is -2.25. The van der Waals surface area contributed by atoms with E-state index in [1.165, 1.54) is 31.5 Å². The predicted molar refractivity (Wildman–Crippen MR) is 60.7 cm³/mol. The first-order chi connectivity index (χ1) is 6.92. The Labute approximate surface area is 90.7 Å². The van der Waals surface area contributed by atoms with E-state index in [0.29, 0.717) is 11.9 Å². The van der Waals surface area contributed by atoms with Crippen molar-refractivity contribution in [3.05, 3.63) is 35.9 Å². The number of nitrogens with zero attached hydrogens (tertiary/aromatic N) is 1. The summed E-state index contributed by atoms with van der Waals surface area (Å²) in [5.41, 5.74) is 1.35. The van der Waals surface area contributed by atoms with Crippen LogP contribution in [-0.4, -0.2) is 23.9 Å². The molecule has 1 fully saturated rings. The van der Waals surface area contributed by atoms with Crippen LogP contribution in [0.1, 0.15) is 24.4 Å². The van der Waals surface area contributed by atoms with E-state index in [0.717, 1.165) is 0 Å². The molecule has 1 aliphatic rings. The fraction of sp³-hybridized carbons (Fsp3) is 0.500. The van der Waals surface area contributed by atoms with E-state index in [4.69, 9.17) is 11.6 Å². The summed E-state index contributed by atoms with van der Waals surface area (Å²) in [6, 6.07) is 11.0. The van der Waals surface area contributed by atoms with Crippen LogP contribution in [0.2, 0.25) is 0 Å². The van der Waals surface area contributed by atoms with Gasteiger partial charge in [-0.15, -0.1) is 11.6 Å². The van der Waals surface area contributed by atoms with Crippen LogP contribution in [0.4, 0.5) is 0 Å². The van der Waals surface area contributed by atoms with Crippen LogP contribution in [0.3, 0.4) is 0 Å². The lowest BCUT2D eigenvalue weighted by atomic mass is 10.1. The maximum Gasteiger partial charge on any atom is 0.0483 e. The molecular formula is C12H16ClN. The second-order valence-electron chi connectivity index (χ2n) is 3.82. The van der Waals surface area contributed by atoms with E-state index >= 15 is 0 Å². The Morgan fingerprint density at radius 1 is 1.14 bits per heavy atom. The molecule has 1 unspecified atom stereocenters. The molecule has 0 radical (unpaired) electrons. The Morgan fingerprint density at radius 3 is 2.36 bits per heavy atom. The van der Waals surface area contributed by atoms with Crippen LogP contribution in [0.15, 0.2) is 30.3 Å². The van der Waals surface area contributed by atoms with Gasteiger partial charge >= 0.3 is 0 Å². The highest BCUT2D eigenvalue weighted by Gasteiger charge is 2.21. The van der Waals surface area contributed by atoms with Crippen molar-refractivity contribution in [3.8, 4) is 0 Å². The van der Waals surface area contributed by atoms with Crippen LogP contribution >= 0.6 is 11.6 Å². The van der Waals surface area contributed by atoms with Crippen molar-refractivity contribution < 1.29 is 0 Å². The van der Waals surface area contributed by atoms with Gasteiger partial charge in [-0.3, -0.25) is 4.90 Å². The molecule has 0 amide bonds. The minimum Gasteiger partial charge on any atom is -0.295 e.